The van der Waals surface area contributed by atoms with E-state index < -0.39 is 10.9 Å². The number of amides is 1. The minimum Gasteiger partial charge on any atom is -0.481 e. The first kappa shape index (κ1) is 20.1. The molecule has 0 bridgehead atoms. The van der Waals surface area contributed by atoms with Crippen LogP contribution in [-0.4, -0.2) is 27.9 Å². The highest BCUT2D eigenvalue weighted by atomic mass is 16.6. The Kier molecular flexibility index (Phi) is 7.49. The number of carboxylic acid groups (broad SMARTS) is 1. The van der Waals surface area contributed by atoms with Crippen molar-refractivity contribution < 1.29 is 19.6 Å². The van der Waals surface area contributed by atoms with Gasteiger partial charge in [-0.3, -0.25) is 19.7 Å². The molecule has 2 aromatic rings. The van der Waals surface area contributed by atoms with E-state index in [9.17, 15) is 19.7 Å². The Balaban J connectivity index is 1.92. The second-order valence-electron chi connectivity index (χ2n) is 6.31. The number of hydrogen-bond acceptors (Lipinski definition) is 4. The summed E-state index contributed by atoms with van der Waals surface area (Å²) >= 11 is 0. The Bertz CT molecular complexity index is 792. The second-order valence-corrected chi connectivity index (χ2v) is 6.31. The van der Waals surface area contributed by atoms with E-state index in [2.05, 4.69) is 5.32 Å². The van der Waals surface area contributed by atoms with Crippen LogP contribution in [0.2, 0.25) is 0 Å². The van der Waals surface area contributed by atoms with E-state index >= 15 is 0 Å². The summed E-state index contributed by atoms with van der Waals surface area (Å²) < 4.78 is 0. The summed E-state index contributed by atoms with van der Waals surface area (Å²) in [7, 11) is 0. The van der Waals surface area contributed by atoms with Crippen molar-refractivity contribution in [2.24, 2.45) is 0 Å². The number of nitro groups is 1. The number of nitrogens with one attached hydrogen (secondary N) is 1. The van der Waals surface area contributed by atoms with E-state index in [-0.39, 0.29) is 30.5 Å². The van der Waals surface area contributed by atoms with Gasteiger partial charge < -0.3 is 10.4 Å². The van der Waals surface area contributed by atoms with Gasteiger partial charge in [0, 0.05) is 31.0 Å². The zero-order valence-electron chi connectivity index (χ0n) is 14.8. The predicted octanol–water partition coefficient (Wildman–Crippen LogP) is 3.12. The molecule has 7 heteroatoms. The lowest BCUT2D eigenvalue weighted by atomic mass is 10.0. The molecule has 0 heterocycles. The van der Waals surface area contributed by atoms with Crippen LogP contribution >= 0.6 is 0 Å². The lowest BCUT2D eigenvalue weighted by molar-refractivity contribution is -0.384. The molecule has 0 spiro atoms. The summed E-state index contributed by atoms with van der Waals surface area (Å²) in [6, 6.07) is 15.5. The quantitative estimate of drug-likeness (QED) is 0.493. The number of nitro benzene ring substituents is 1. The van der Waals surface area contributed by atoms with Crippen molar-refractivity contribution in [3.05, 3.63) is 75.8 Å². The molecule has 0 aliphatic carbocycles. The van der Waals surface area contributed by atoms with Gasteiger partial charge in [0.1, 0.15) is 0 Å². The molecule has 0 aliphatic rings. The normalized spacial score (nSPS) is 11.6. The monoisotopic (exact) mass is 370 g/mol. The van der Waals surface area contributed by atoms with Crippen LogP contribution in [-0.2, 0) is 22.4 Å². The molecule has 142 valence electrons. The molecule has 2 rings (SSSR count). The molecule has 0 saturated heterocycles. The van der Waals surface area contributed by atoms with Gasteiger partial charge in [-0.25, -0.2) is 0 Å². The molecule has 0 aromatic heterocycles. The lowest BCUT2D eigenvalue weighted by Crippen LogP contribution is -2.37. The number of non-ortho nitro benzene ring substituents is 1. The Hall–Kier alpha value is -3.22. The first-order chi connectivity index (χ1) is 12.9. The average molecular weight is 370 g/mol. The van der Waals surface area contributed by atoms with E-state index in [0.29, 0.717) is 24.8 Å². The molecule has 1 atom stereocenters. The van der Waals surface area contributed by atoms with Gasteiger partial charge in [-0.2, -0.15) is 0 Å². The Morgan fingerprint density at radius 2 is 1.74 bits per heavy atom. The first-order valence-electron chi connectivity index (χ1n) is 8.72. The standard InChI is InChI=1S/C20H22N2O5/c23-19(11-9-16-7-4-8-18(14-16)22(26)27)21-17(10-12-20(24)25)13-15-5-2-1-3-6-15/h1-8,14,17H,9-13H2,(H,21,23)(H,24,25). The number of carboxylic acids is 1. The number of hydrogen-bond donors (Lipinski definition) is 2. The zero-order valence-corrected chi connectivity index (χ0v) is 14.8. The van der Waals surface area contributed by atoms with Crippen LogP contribution in [0.25, 0.3) is 0 Å². The molecule has 2 N–H and O–H groups in total. The molecule has 2 aromatic carbocycles. The largest absolute Gasteiger partial charge is 0.481 e. The van der Waals surface area contributed by atoms with Crippen molar-refractivity contribution in [3.8, 4) is 0 Å². The van der Waals surface area contributed by atoms with Gasteiger partial charge in [0.2, 0.25) is 5.91 Å². The SMILES string of the molecule is O=C(O)CCC(Cc1ccccc1)NC(=O)CCc1cccc([N+](=O)[O-])c1. The molecule has 7 nitrogen and oxygen atoms in total. The van der Waals surface area contributed by atoms with Crippen LogP contribution in [0, 0.1) is 10.1 Å². The summed E-state index contributed by atoms with van der Waals surface area (Å²) in [4.78, 5) is 33.5. The van der Waals surface area contributed by atoms with Crippen LogP contribution in [0.5, 0.6) is 0 Å². The summed E-state index contributed by atoms with van der Waals surface area (Å²) in [6.45, 7) is 0. The van der Waals surface area contributed by atoms with E-state index in [1.807, 2.05) is 30.3 Å². The first-order valence-corrected chi connectivity index (χ1v) is 8.72. The Labute approximate surface area is 157 Å². The Morgan fingerprint density at radius 3 is 2.41 bits per heavy atom. The number of carbonyl (C=O) groups is 2. The molecule has 1 amide bonds. The highest BCUT2D eigenvalue weighted by Crippen LogP contribution is 2.15. The average Bonchev–Trinajstić information content (AvgIpc) is 2.65. The van der Waals surface area contributed by atoms with Crippen LogP contribution in [0.15, 0.2) is 54.6 Å². The van der Waals surface area contributed by atoms with Crippen molar-refractivity contribution in [2.75, 3.05) is 0 Å². The van der Waals surface area contributed by atoms with Crippen molar-refractivity contribution in [1.82, 2.24) is 5.32 Å². The van der Waals surface area contributed by atoms with E-state index in [4.69, 9.17) is 5.11 Å². The van der Waals surface area contributed by atoms with Crippen LogP contribution < -0.4 is 5.32 Å². The maximum absolute atomic E-state index is 12.3. The van der Waals surface area contributed by atoms with Gasteiger partial charge in [0.15, 0.2) is 0 Å². The summed E-state index contributed by atoms with van der Waals surface area (Å²) in [5, 5.41) is 22.6. The molecule has 0 saturated carbocycles. The summed E-state index contributed by atoms with van der Waals surface area (Å²) in [5.41, 5.74) is 1.73. The van der Waals surface area contributed by atoms with Gasteiger partial charge in [-0.05, 0) is 30.4 Å². The lowest BCUT2D eigenvalue weighted by Gasteiger charge is -2.18. The maximum Gasteiger partial charge on any atom is 0.303 e. The number of nitrogens with zero attached hydrogens (tertiary/aromatic N) is 1. The molecule has 0 radical (unpaired) electrons. The topological polar surface area (TPSA) is 110 Å². The van der Waals surface area contributed by atoms with E-state index in [1.165, 1.54) is 12.1 Å². The fourth-order valence-corrected chi connectivity index (χ4v) is 2.80. The fourth-order valence-electron chi connectivity index (χ4n) is 2.80. The second kappa shape index (κ2) is 10.1. The molecule has 0 fully saturated rings. The highest BCUT2D eigenvalue weighted by molar-refractivity contribution is 5.76. The fraction of sp³-hybridized carbons (Fsp3) is 0.300. The van der Waals surface area contributed by atoms with Crippen molar-refractivity contribution in [1.29, 1.82) is 0 Å². The van der Waals surface area contributed by atoms with Gasteiger partial charge in [-0.1, -0.05) is 42.5 Å². The van der Waals surface area contributed by atoms with Gasteiger partial charge >= 0.3 is 5.97 Å². The molecule has 27 heavy (non-hydrogen) atoms. The maximum atomic E-state index is 12.3. The summed E-state index contributed by atoms with van der Waals surface area (Å²) in [6.07, 6.45) is 1.43. The minimum atomic E-state index is -0.904. The van der Waals surface area contributed by atoms with Crippen molar-refractivity contribution in [2.45, 2.75) is 38.1 Å². The smallest absolute Gasteiger partial charge is 0.303 e. The third kappa shape index (κ3) is 7.27. The minimum absolute atomic E-state index is 0.00341. The number of aliphatic carboxylic acids is 1. The van der Waals surface area contributed by atoms with Crippen LogP contribution in [0.1, 0.15) is 30.4 Å². The molecule has 0 aliphatic heterocycles. The number of rotatable bonds is 10. The third-order valence-electron chi connectivity index (χ3n) is 4.16. The molecule has 1 unspecified atom stereocenters. The van der Waals surface area contributed by atoms with Crippen molar-refractivity contribution >= 4 is 17.6 Å². The van der Waals surface area contributed by atoms with Crippen LogP contribution in [0.4, 0.5) is 5.69 Å². The number of benzene rings is 2. The highest BCUT2D eigenvalue weighted by Gasteiger charge is 2.15. The van der Waals surface area contributed by atoms with Gasteiger partial charge in [0.25, 0.3) is 5.69 Å². The van der Waals surface area contributed by atoms with Gasteiger partial charge in [0.05, 0.1) is 4.92 Å². The Morgan fingerprint density at radius 1 is 1.04 bits per heavy atom. The van der Waals surface area contributed by atoms with Crippen molar-refractivity contribution in [3.63, 3.8) is 0 Å². The zero-order chi connectivity index (χ0) is 19.6. The number of aryl methyl sites for hydroxylation is 1. The van der Waals surface area contributed by atoms with Crippen LogP contribution in [0.3, 0.4) is 0 Å². The third-order valence-corrected chi connectivity index (χ3v) is 4.16. The predicted molar refractivity (Wildman–Crippen MR) is 100 cm³/mol. The van der Waals surface area contributed by atoms with E-state index in [0.717, 1.165) is 5.56 Å². The number of carbonyl (C=O) groups excluding carboxylic acids is 1. The molecular weight excluding hydrogens is 348 g/mol. The van der Waals surface area contributed by atoms with E-state index in [1.54, 1.807) is 12.1 Å². The van der Waals surface area contributed by atoms with Gasteiger partial charge in [-0.15, -0.1) is 0 Å². The molecular formula is C20H22N2O5. The summed E-state index contributed by atoms with van der Waals surface area (Å²) in [5.74, 6) is -1.10.